The van der Waals surface area contributed by atoms with Gasteiger partial charge >= 0.3 is 12.1 Å². The van der Waals surface area contributed by atoms with Crippen LogP contribution in [0.2, 0.25) is 0 Å². The van der Waals surface area contributed by atoms with E-state index in [1.165, 1.54) is 12.1 Å². The van der Waals surface area contributed by atoms with Crippen LogP contribution < -0.4 is 4.89 Å². The van der Waals surface area contributed by atoms with E-state index in [4.69, 9.17) is 4.89 Å². The van der Waals surface area contributed by atoms with Crippen LogP contribution in [0.4, 0.5) is 13.2 Å². The van der Waals surface area contributed by atoms with Gasteiger partial charge in [-0.1, -0.05) is 18.2 Å². The Bertz CT molecular complexity index is 642. The van der Waals surface area contributed by atoms with E-state index in [0.717, 1.165) is 18.2 Å². The van der Waals surface area contributed by atoms with E-state index in [9.17, 15) is 18.0 Å². The van der Waals surface area contributed by atoms with Gasteiger partial charge in [-0.05, 0) is 46.3 Å². The molecule has 2 aromatic carbocycles. The summed E-state index contributed by atoms with van der Waals surface area (Å²) >= 11 is 2.93. The maximum atomic E-state index is 12.5. The van der Waals surface area contributed by atoms with E-state index in [1.807, 2.05) is 0 Å². The summed E-state index contributed by atoms with van der Waals surface area (Å²) in [4.78, 5) is 20.9. The molecule has 2 rings (SSSR count). The molecule has 0 bridgehead atoms. The fourth-order valence-electron chi connectivity index (χ4n) is 1.45. The highest BCUT2D eigenvalue weighted by Crippen LogP contribution is 2.34. The van der Waals surface area contributed by atoms with Crippen molar-refractivity contribution in [1.82, 2.24) is 0 Å². The van der Waals surface area contributed by atoms with Gasteiger partial charge in [0.1, 0.15) is 0 Å². The minimum atomic E-state index is -4.46. The van der Waals surface area contributed by atoms with Gasteiger partial charge in [0, 0.05) is 0 Å². The topological polar surface area (TPSA) is 35.5 Å². The van der Waals surface area contributed by atoms with Crippen LogP contribution in [0.1, 0.15) is 15.9 Å². The van der Waals surface area contributed by atoms with Gasteiger partial charge in [0.15, 0.2) is 5.75 Å². The number of benzene rings is 2. The Balaban J connectivity index is 2.06. The van der Waals surface area contributed by atoms with Gasteiger partial charge < -0.3 is 0 Å². The monoisotopic (exact) mass is 360 g/mol. The third-order valence-corrected chi connectivity index (χ3v) is 3.10. The number of carbonyl (C=O) groups is 1. The van der Waals surface area contributed by atoms with E-state index in [0.29, 0.717) is 0 Å². The minimum absolute atomic E-state index is 0.0261. The molecular weight excluding hydrogens is 353 g/mol. The second-order valence-electron chi connectivity index (χ2n) is 3.96. The van der Waals surface area contributed by atoms with Gasteiger partial charge in [0.2, 0.25) is 0 Å². The van der Waals surface area contributed by atoms with Crippen molar-refractivity contribution < 1.29 is 27.7 Å². The van der Waals surface area contributed by atoms with Crippen molar-refractivity contribution in [3.05, 3.63) is 64.1 Å². The molecule has 0 aliphatic rings. The van der Waals surface area contributed by atoms with E-state index in [1.54, 1.807) is 18.2 Å². The Morgan fingerprint density at radius 2 is 1.71 bits per heavy atom. The van der Waals surface area contributed by atoms with Crippen LogP contribution in [0.3, 0.4) is 0 Å². The Morgan fingerprint density at radius 3 is 2.29 bits per heavy atom. The van der Waals surface area contributed by atoms with E-state index >= 15 is 0 Å². The lowest BCUT2D eigenvalue weighted by Gasteiger charge is -2.10. The zero-order valence-corrected chi connectivity index (χ0v) is 11.9. The van der Waals surface area contributed by atoms with Gasteiger partial charge in [-0.25, -0.2) is 9.68 Å². The summed E-state index contributed by atoms with van der Waals surface area (Å²) in [6.45, 7) is 0. The predicted molar refractivity (Wildman–Crippen MR) is 71.6 cm³/mol. The molecule has 7 heteroatoms. The van der Waals surface area contributed by atoms with Crippen LogP contribution in [0.15, 0.2) is 53.0 Å². The van der Waals surface area contributed by atoms with Crippen molar-refractivity contribution in [2.24, 2.45) is 0 Å². The lowest BCUT2D eigenvalue weighted by atomic mass is 10.2. The zero-order valence-electron chi connectivity index (χ0n) is 10.4. The fraction of sp³-hybridized carbons (Fsp3) is 0.0714. The second-order valence-corrected chi connectivity index (χ2v) is 4.82. The highest BCUT2D eigenvalue weighted by molar-refractivity contribution is 9.10. The highest BCUT2D eigenvalue weighted by atomic mass is 79.9. The van der Waals surface area contributed by atoms with Crippen molar-refractivity contribution in [1.29, 1.82) is 0 Å². The summed E-state index contributed by atoms with van der Waals surface area (Å²) in [6.07, 6.45) is -4.46. The Morgan fingerprint density at radius 1 is 1.05 bits per heavy atom. The summed E-state index contributed by atoms with van der Waals surface area (Å²) in [6, 6.07) is 10.8. The van der Waals surface area contributed by atoms with Crippen LogP contribution >= 0.6 is 15.9 Å². The van der Waals surface area contributed by atoms with E-state index in [-0.39, 0.29) is 15.8 Å². The average molecular weight is 361 g/mol. The standard InChI is InChI=1S/C14H8BrF3O3/c15-11-8-10(14(16,17)18)6-7-12(11)20-21-13(19)9-4-2-1-3-5-9/h1-8H. The van der Waals surface area contributed by atoms with Crippen molar-refractivity contribution in [3.8, 4) is 5.75 Å². The molecule has 0 saturated heterocycles. The summed E-state index contributed by atoms with van der Waals surface area (Å²) in [5.74, 6) is -0.783. The van der Waals surface area contributed by atoms with Gasteiger partial charge in [-0.3, -0.25) is 4.89 Å². The molecule has 0 amide bonds. The van der Waals surface area contributed by atoms with Crippen LogP contribution in [-0.2, 0) is 11.1 Å². The quantitative estimate of drug-likeness (QED) is 0.591. The molecule has 21 heavy (non-hydrogen) atoms. The first kappa shape index (κ1) is 15.4. The molecule has 0 radical (unpaired) electrons. The largest absolute Gasteiger partial charge is 0.416 e. The van der Waals surface area contributed by atoms with Gasteiger partial charge in [0.05, 0.1) is 15.6 Å². The molecule has 0 spiro atoms. The molecule has 0 aromatic heterocycles. The van der Waals surface area contributed by atoms with Crippen LogP contribution in [0.5, 0.6) is 5.75 Å². The molecule has 3 nitrogen and oxygen atoms in total. The number of carbonyl (C=O) groups excluding carboxylic acids is 1. The Hall–Kier alpha value is -2.02. The first-order chi connectivity index (χ1) is 9.88. The number of hydrogen-bond acceptors (Lipinski definition) is 3. The molecule has 0 unspecified atom stereocenters. The Labute approximate surface area is 126 Å². The molecule has 0 fully saturated rings. The third-order valence-electron chi connectivity index (χ3n) is 2.48. The first-order valence-corrected chi connectivity index (χ1v) is 6.48. The lowest BCUT2D eigenvalue weighted by Crippen LogP contribution is -2.09. The number of halogens is 4. The number of hydrogen-bond donors (Lipinski definition) is 0. The van der Waals surface area contributed by atoms with Gasteiger partial charge in [-0.15, -0.1) is 0 Å². The fourth-order valence-corrected chi connectivity index (χ4v) is 1.89. The SMILES string of the molecule is O=C(OOc1ccc(C(F)(F)F)cc1Br)c1ccccc1. The number of alkyl halides is 3. The summed E-state index contributed by atoms with van der Waals surface area (Å²) < 4.78 is 37.5. The predicted octanol–water partition coefficient (Wildman–Crippen LogP) is 4.62. The summed E-state index contributed by atoms with van der Waals surface area (Å²) in [5, 5.41) is 0. The molecule has 0 atom stereocenters. The minimum Gasteiger partial charge on any atom is -0.285 e. The molecule has 0 N–H and O–H groups in total. The van der Waals surface area contributed by atoms with Gasteiger partial charge in [-0.2, -0.15) is 13.2 Å². The second kappa shape index (κ2) is 6.17. The average Bonchev–Trinajstić information content (AvgIpc) is 2.45. The molecule has 0 saturated carbocycles. The maximum Gasteiger partial charge on any atom is 0.416 e. The normalized spacial score (nSPS) is 11.0. The summed E-state index contributed by atoms with van der Waals surface area (Å²) in [7, 11) is 0. The molecule has 110 valence electrons. The highest BCUT2D eigenvalue weighted by Gasteiger charge is 2.31. The van der Waals surface area contributed by atoms with Gasteiger partial charge in [0.25, 0.3) is 0 Å². The van der Waals surface area contributed by atoms with Crippen LogP contribution in [0.25, 0.3) is 0 Å². The summed E-state index contributed by atoms with van der Waals surface area (Å²) in [5.41, 5.74) is -0.573. The van der Waals surface area contributed by atoms with E-state index in [2.05, 4.69) is 20.8 Å². The molecule has 2 aromatic rings. The molecule has 0 aliphatic carbocycles. The molecule has 0 aliphatic heterocycles. The van der Waals surface area contributed by atoms with Crippen molar-refractivity contribution in [3.63, 3.8) is 0 Å². The molecular formula is C14H8BrF3O3. The maximum absolute atomic E-state index is 12.5. The van der Waals surface area contributed by atoms with Crippen LogP contribution in [0, 0.1) is 0 Å². The third kappa shape index (κ3) is 3.98. The zero-order chi connectivity index (χ0) is 15.5. The Kier molecular flexibility index (Phi) is 4.52. The molecule has 0 heterocycles. The first-order valence-electron chi connectivity index (χ1n) is 5.68. The smallest absolute Gasteiger partial charge is 0.285 e. The van der Waals surface area contributed by atoms with Crippen molar-refractivity contribution in [2.45, 2.75) is 6.18 Å². The van der Waals surface area contributed by atoms with E-state index < -0.39 is 17.7 Å². The van der Waals surface area contributed by atoms with Crippen LogP contribution in [-0.4, -0.2) is 5.97 Å². The lowest BCUT2D eigenvalue weighted by molar-refractivity contribution is -0.150. The van der Waals surface area contributed by atoms with Crippen molar-refractivity contribution in [2.75, 3.05) is 0 Å². The number of rotatable bonds is 3. The van der Waals surface area contributed by atoms with Crippen molar-refractivity contribution >= 4 is 21.9 Å².